The Kier molecular flexibility index (Phi) is 5.33. The van der Waals surface area contributed by atoms with Crippen molar-refractivity contribution >= 4 is 16.9 Å². The molecule has 0 aliphatic carbocycles. The van der Waals surface area contributed by atoms with Crippen LogP contribution in [0.15, 0.2) is 48.5 Å². The number of hydrogen-bond donors (Lipinski definition) is 2. The van der Waals surface area contributed by atoms with Crippen molar-refractivity contribution in [1.82, 2.24) is 15.3 Å². The van der Waals surface area contributed by atoms with Crippen molar-refractivity contribution < 1.29 is 9.53 Å². The van der Waals surface area contributed by atoms with Gasteiger partial charge in [-0.25, -0.2) is 4.98 Å². The quantitative estimate of drug-likeness (QED) is 0.642. The Bertz CT molecular complexity index is 807. The topological polar surface area (TPSA) is 67.0 Å². The smallest absolute Gasteiger partial charge is 0.220 e. The van der Waals surface area contributed by atoms with E-state index >= 15 is 0 Å². The van der Waals surface area contributed by atoms with Crippen LogP contribution in [-0.4, -0.2) is 22.5 Å². The van der Waals surface area contributed by atoms with E-state index in [1.807, 2.05) is 62.4 Å². The molecule has 2 N–H and O–H groups in total. The van der Waals surface area contributed by atoms with E-state index < -0.39 is 0 Å². The van der Waals surface area contributed by atoms with Crippen LogP contribution in [0.2, 0.25) is 0 Å². The number of nitrogens with one attached hydrogen (secondary N) is 2. The van der Waals surface area contributed by atoms with Crippen molar-refractivity contribution in [1.29, 1.82) is 0 Å². The molecule has 130 valence electrons. The molecule has 1 aromatic heterocycles. The highest BCUT2D eigenvalue weighted by Gasteiger charge is 2.13. The minimum absolute atomic E-state index is 0.000428. The minimum Gasteiger partial charge on any atom is -0.494 e. The van der Waals surface area contributed by atoms with Gasteiger partial charge in [-0.15, -0.1) is 0 Å². The highest BCUT2D eigenvalue weighted by Crippen LogP contribution is 2.16. The number of para-hydroxylation sites is 2. The van der Waals surface area contributed by atoms with E-state index in [1.54, 1.807) is 0 Å². The Balaban J connectivity index is 1.43. The number of aryl methyl sites for hydroxylation is 1. The maximum absolute atomic E-state index is 12.1. The average molecular weight is 337 g/mol. The SMILES string of the molecule is Cc1ccc(OCCCC(=O)NC(C)c2nc3ccccc3[nH]2)cc1. The maximum Gasteiger partial charge on any atom is 0.220 e. The van der Waals surface area contributed by atoms with Crippen LogP contribution in [0, 0.1) is 6.92 Å². The van der Waals surface area contributed by atoms with E-state index in [0.717, 1.165) is 22.6 Å². The second-order valence-electron chi connectivity index (χ2n) is 6.19. The summed E-state index contributed by atoms with van der Waals surface area (Å²) in [6.07, 6.45) is 1.10. The second-order valence-corrected chi connectivity index (χ2v) is 6.19. The normalized spacial score (nSPS) is 12.1. The number of fused-ring (bicyclic) bond motifs is 1. The minimum atomic E-state index is -0.155. The summed E-state index contributed by atoms with van der Waals surface area (Å²) in [5.41, 5.74) is 3.08. The monoisotopic (exact) mass is 337 g/mol. The van der Waals surface area contributed by atoms with Gasteiger partial charge in [0.2, 0.25) is 5.91 Å². The number of aromatic amines is 1. The highest BCUT2D eigenvalue weighted by atomic mass is 16.5. The molecule has 1 amide bonds. The van der Waals surface area contributed by atoms with Crippen molar-refractivity contribution in [2.75, 3.05) is 6.61 Å². The van der Waals surface area contributed by atoms with Gasteiger partial charge in [-0.05, 0) is 44.5 Å². The maximum atomic E-state index is 12.1. The standard InChI is InChI=1S/C20H23N3O2/c1-14-9-11-16(12-10-14)25-13-5-8-19(24)21-15(2)20-22-17-6-3-4-7-18(17)23-20/h3-4,6-7,9-12,15H,5,8,13H2,1-2H3,(H,21,24)(H,22,23). The number of carbonyl (C=O) groups is 1. The fraction of sp³-hybridized carbons (Fsp3) is 0.300. The number of rotatable bonds is 7. The first-order valence-electron chi connectivity index (χ1n) is 8.55. The van der Waals surface area contributed by atoms with Crippen LogP contribution in [0.3, 0.4) is 0 Å². The number of ether oxygens (including phenoxy) is 1. The molecule has 1 atom stereocenters. The number of H-pyrrole nitrogens is 1. The molecule has 25 heavy (non-hydrogen) atoms. The lowest BCUT2D eigenvalue weighted by Gasteiger charge is -2.11. The van der Waals surface area contributed by atoms with Gasteiger partial charge in [0.15, 0.2) is 0 Å². The van der Waals surface area contributed by atoms with Crippen LogP contribution in [0.5, 0.6) is 5.75 Å². The van der Waals surface area contributed by atoms with Gasteiger partial charge in [-0.3, -0.25) is 4.79 Å². The molecule has 1 unspecified atom stereocenters. The fourth-order valence-corrected chi connectivity index (χ4v) is 2.62. The lowest BCUT2D eigenvalue weighted by Crippen LogP contribution is -2.27. The van der Waals surface area contributed by atoms with Gasteiger partial charge in [0.1, 0.15) is 11.6 Å². The van der Waals surface area contributed by atoms with Gasteiger partial charge < -0.3 is 15.0 Å². The molecule has 5 nitrogen and oxygen atoms in total. The summed E-state index contributed by atoms with van der Waals surface area (Å²) in [7, 11) is 0. The molecule has 0 spiro atoms. The van der Waals surface area contributed by atoms with E-state index in [1.165, 1.54) is 5.56 Å². The number of aromatic nitrogens is 2. The zero-order valence-corrected chi connectivity index (χ0v) is 14.6. The second kappa shape index (κ2) is 7.83. The molecule has 1 heterocycles. The highest BCUT2D eigenvalue weighted by molar-refractivity contribution is 5.77. The van der Waals surface area contributed by atoms with Crippen LogP contribution < -0.4 is 10.1 Å². The molecule has 0 bridgehead atoms. The molecule has 0 aliphatic rings. The zero-order chi connectivity index (χ0) is 17.6. The average Bonchev–Trinajstić information content (AvgIpc) is 3.04. The fourth-order valence-electron chi connectivity index (χ4n) is 2.62. The Labute approximate surface area is 147 Å². The molecule has 5 heteroatoms. The van der Waals surface area contributed by atoms with Crippen molar-refractivity contribution in [3.8, 4) is 5.75 Å². The van der Waals surface area contributed by atoms with E-state index in [-0.39, 0.29) is 11.9 Å². The summed E-state index contributed by atoms with van der Waals surface area (Å²) >= 11 is 0. The first kappa shape index (κ1) is 17.0. The predicted octanol–water partition coefficient (Wildman–Crippen LogP) is 3.91. The third kappa shape index (κ3) is 4.59. The molecule has 0 aliphatic heterocycles. The van der Waals surface area contributed by atoms with Crippen molar-refractivity contribution in [3.05, 3.63) is 59.9 Å². The largest absolute Gasteiger partial charge is 0.494 e. The lowest BCUT2D eigenvalue weighted by atomic mass is 10.2. The van der Waals surface area contributed by atoms with E-state index in [4.69, 9.17) is 4.74 Å². The summed E-state index contributed by atoms with van der Waals surface area (Å²) in [6, 6.07) is 15.6. The Morgan fingerprint density at radius 2 is 1.96 bits per heavy atom. The Hall–Kier alpha value is -2.82. The first-order chi connectivity index (χ1) is 12.1. The molecule has 2 aromatic carbocycles. The summed E-state index contributed by atoms with van der Waals surface area (Å²) in [5.74, 6) is 1.60. The summed E-state index contributed by atoms with van der Waals surface area (Å²) in [6.45, 7) is 4.49. The summed E-state index contributed by atoms with van der Waals surface area (Å²) in [4.78, 5) is 19.8. The molecule has 3 rings (SSSR count). The summed E-state index contributed by atoms with van der Waals surface area (Å²) in [5, 5.41) is 2.98. The van der Waals surface area contributed by atoms with Crippen LogP contribution in [0.25, 0.3) is 11.0 Å². The lowest BCUT2D eigenvalue weighted by molar-refractivity contribution is -0.122. The number of carbonyl (C=O) groups excluding carboxylic acids is 1. The van der Waals surface area contributed by atoms with Crippen LogP contribution in [0.4, 0.5) is 0 Å². The third-order valence-electron chi connectivity index (χ3n) is 4.03. The van der Waals surface area contributed by atoms with Gasteiger partial charge in [-0.1, -0.05) is 29.8 Å². The molecule has 0 saturated carbocycles. The van der Waals surface area contributed by atoms with E-state index in [0.29, 0.717) is 19.4 Å². The van der Waals surface area contributed by atoms with Crippen molar-refractivity contribution in [3.63, 3.8) is 0 Å². The molecular weight excluding hydrogens is 314 g/mol. The zero-order valence-electron chi connectivity index (χ0n) is 14.6. The van der Waals surface area contributed by atoms with Gasteiger partial charge in [0.25, 0.3) is 0 Å². The number of benzene rings is 2. The molecule has 3 aromatic rings. The Morgan fingerprint density at radius 3 is 2.72 bits per heavy atom. The van der Waals surface area contributed by atoms with E-state index in [9.17, 15) is 4.79 Å². The molecule has 0 radical (unpaired) electrons. The van der Waals surface area contributed by atoms with E-state index in [2.05, 4.69) is 15.3 Å². The summed E-state index contributed by atoms with van der Waals surface area (Å²) < 4.78 is 5.64. The number of nitrogens with zero attached hydrogens (tertiary/aromatic N) is 1. The molecule has 0 fully saturated rings. The van der Waals surface area contributed by atoms with Gasteiger partial charge >= 0.3 is 0 Å². The molecular formula is C20H23N3O2. The van der Waals surface area contributed by atoms with Gasteiger partial charge in [0, 0.05) is 6.42 Å². The number of hydrogen-bond acceptors (Lipinski definition) is 3. The van der Waals surface area contributed by atoms with Crippen molar-refractivity contribution in [2.45, 2.75) is 32.7 Å². The van der Waals surface area contributed by atoms with Crippen LogP contribution >= 0.6 is 0 Å². The van der Waals surface area contributed by atoms with Crippen molar-refractivity contribution in [2.24, 2.45) is 0 Å². The van der Waals surface area contributed by atoms with Gasteiger partial charge in [0.05, 0.1) is 23.7 Å². The first-order valence-corrected chi connectivity index (χ1v) is 8.55. The number of amides is 1. The van der Waals surface area contributed by atoms with Gasteiger partial charge in [-0.2, -0.15) is 0 Å². The Morgan fingerprint density at radius 1 is 1.20 bits per heavy atom. The predicted molar refractivity (Wildman–Crippen MR) is 98.6 cm³/mol. The van der Waals surface area contributed by atoms with Crippen LogP contribution in [-0.2, 0) is 4.79 Å². The number of imidazole rings is 1. The van der Waals surface area contributed by atoms with Crippen LogP contribution in [0.1, 0.15) is 37.2 Å². The molecule has 0 saturated heterocycles. The third-order valence-corrected chi connectivity index (χ3v) is 4.03.